The van der Waals surface area contributed by atoms with Gasteiger partial charge in [-0.15, -0.1) is 0 Å². The first-order valence-corrected chi connectivity index (χ1v) is 9.02. The minimum Gasteiger partial charge on any atom is -0.474 e. The molecule has 1 aliphatic heterocycles. The molecule has 2 aliphatic rings. The number of likely N-dealkylation sites (tertiary alicyclic amines) is 1. The van der Waals surface area contributed by atoms with E-state index in [2.05, 4.69) is 26.5 Å². The highest BCUT2D eigenvalue weighted by atomic mass is 16.5. The molecule has 0 amide bonds. The largest absolute Gasteiger partial charge is 0.474 e. The molecule has 2 aromatic heterocycles. The van der Waals surface area contributed by atoms with Gasteiger partial charge in [0.25, 0.3) is 0 Å². The number of aryl methyl sites for hydroxylation is 1. The van der Waals surface area contributed by atoms with Gasteiger partial charge in [-0.25, -0.2) is 9.97 Å². The maximum atomic E-state index is 6.15. The van der Waals surface area contributed by atoms with Gasteiger partial charge in [-0.2, -0.15) is 0 Å². The summed E-state index contributed by atoms with van der Waals surface area (Å²) >= 11 is 0. The highest BCUT2D eigenvalue weighted by molar-refractivity contribution is 5.12. The van der Waals surface area contributed by atoms with Crippen LogP contribution in [0.5, 0.6) is 5.88 Å². The van der Waals surface area contributed by atoms with Crippen LogP contribution in [0.25, 0.3) is 0 Å². The number of nitrogens with zero attached hydrogens (tertiary/aromatic N) is 4. The second-order valence-electron chi connectivity index (χ2n) is 7.18. The van der Waals surface area contributed by atoms with E-state index < -0.39 is 0 Å². The molecule has 3 heterocycles. The Morgan fingerprint density at radius 2 is 2.24 bits per heavy atom. The first-order valence-electron chi connectivity index (χ1n) is 9.02. The molecule has 6 nitrogen and oxygen atoms in total. The third-order valence-electron chi connectivity index (χ3n) is 5.86. The molecule has 4 rings (SSSR count). The number of methoxy groups -OCH3 is 1. The van der Waals surface area contributed by atoms with Crippen molar-refractivity contribution >= 4 is 0 Å². The van der Waals surface area contributed by atoms with E-state index in [-0.39, 0.29) is 11.7 Å². The van der Waals surface area contributed by atoms with Crippen molar-refractivity contribution in [1.82, 2.24) is 19.4 Å². The Labute approximate surface area is 148 Å². The Morgan fingerprint density at radius 1 is 1.32 bits per heavy atom. The first kappa shape index (κ1) is 16.5. The van der Waals surface area contributed by atoms with Crippen LogP contribution in [0.2, 0.25) is 0 Å². The van der Waals surface area contributed by atoms with Crippen molar-refractivity contribution in [3.8, 4) is 5.88 Å². The summed E-state index contributed by atoms with van der Waals surface area (Å²) < 4.78 is 14.3. The average Bonchev–Trinajstić information content (AvgIpc) is 3.21. The topological polar surface area (TPSA) is 52.4 Å². The fraction of sp³-hybridized carbons (Fsp3) is 0.579. The van der Waals surface area contributed by atoms with Crippen molar-refractivity contribution < 1.29 is 9.47 Å². The molecule has 2 fully saturated rings. The van der Waals surface area contributed by atoms with E-state index >= 15 is 0 Å². The van der Waals surface area contributed by atoms with Gasteiger partial charge in [-0.3, -0.25) is 4.90 Å². The van der Waals surface area contributed by atoms with Gasteiger partial charge in [0.1, 0.15) is 6.10 Å². The highest BCUT2D eigenvalue weighted by Crippen LogP contribution is 2.43. The monoisotopic (exact) mass is 342 g/mol. The van der Waals surface area contributed by atoms with Crippen LogP contribution in [0.4, 0.5) is 0 Å². The van der Waals surface area contributed by atoms with Crippen LogP contribution in [-0.2, 0) is 18.3 Å². The predicted octanol–water partition coefficient (Wildman–Crippen LogP) is 2.41. The zero-order valence-electron chi connectivity index (χ0n) is 15.0. The molecule has 6 heteroatoms. The van der Waals surface area contributed by atoms with Gasteiger partial charge in [0.2, 0.25) is 5.88 Å². The van der Waals surface area contributed by atoms with Crippen LogP contribution >= 0.6 is 0 Å². The van der Waals surface area contributed by atoms with Gasteiger partial charge in [0.15, 0.2) is 0 Å². The highest BCUT2D eigenvalue weighted by Gasteiger charge is 2.51. The van der Waals surface area contributed by atoms with Crippen molar-refractivity contribution in [2.24, 2.45) is 7.05 Å². The lowest BCUT2D eigenvalue weighted by Crippen LogP contribution is -2.52. The van der Waals surface area contributed by atoms with E-state index in [1.807, 2.05) is 37.8 Å². The molecule has 2 aromatic rings. The number of imidazole rings is 1. The zero-order chi connectivity index (χ0) is 17.3. The number of pyridine rings is 1. The Kier molecular flexibility index (Phi) is 4.48. The predicted molar refractivity (Wildman–Crippen MR) is 94.3 cm³/mol. The maximum Gasteiger partial charge on any atom is 0.213 e. The van der Waals surface area contributed by atoms with E-state index in [1.54, 1.807) is 6.20 Å². The molecule has 1 saturated carbocycles. The summed E-state index contributed by atoms with van der Waals surface area (Å²) in [6.45, 7) is 1.96. The van der Waals surface area contributed by atoms with Gasteiger partial charge >= 0.3 is 0 Å². The normalized spacial score (nSPS) is 29.5. The molecule has 134 valence electrons. The number of ether oxygens (including phenoxy) is 2. The lowest BCUT2D eigenvalue weighted by atomic mass is 9.79. The summed E-state index contributed by atoms with van der Waals surface area (Å²) in [6, 6.07) is 6.18. The van der Waals surface area contributed by atoms with Crippen molar-refractivity contribution in [1.29, 1.82) is 0 Å². The van der Waals surface area contributed by atoms with Gasteiger partial charge in [-0.05, 0) is 25.3 Å². The Balaban J connectivity index is 1.49. The van der Waals surface area contributed by atoms with Gasteiger partial charge in [0.05, 0.1) is 17.6 Å². The summed E-state index contributed by atoms with van der Waals surface area (Å²) in [6.07, 6.45) is 9.90. The fourth-order valence-electron chi connectivity index (χ4n) is 4.38. The third-order valence-corrected chi connectivity index (χ3v) is 5.86. The molecule has 25 heavy (non-hydrogen) atoms. The maximum absolute atomic E-state index is 6.15. The summed E-state index contributed by atoms with van der Waals surface area (Å²) in [5.74, 6) is 0.716. The summed E-state index contributed by atoms with van der Waals surface area (Å²) in [5, 5.41) is 0. The van der Waals surface area contributed by atoms with Crippen molar-refractivity contribution in [3.05, 3.63) is 42.6 Å². The molecule has 2 unspecified atom stereocenters. The standard InChI is InChI=1S/C19H26N4O2/c1-22-14-20-12-15(22)13-23-10-8-19(24-2)7-6-16(11-17(19)23)25-18-5-3-4-9-21-18/h3-5,9,12,14,16-17H,6-8,10-11,13H2,1-2H3/t16?,17?,19-/m1/s1. The fourth-order valence-corrected chi connectivity index (χ4v) is 4.38. The van der Waals surface area contributed by atoms with Crippen LogP contribution in [-0.4, -0.2) is 50.8 Å². The van der Waals surface area contributed by atoms with E-state index in [9.17, 15) is 0 Å². The molecule has 0 radical (unpaired) electrons. The SMILES string of the molecule is CO[C@@]12CCC(Oc3ccccn3)CC1N(Cc1cncn1C)CC2. The first-order chi connectivity index (χ1) is 12.2. The van der Waals surface area contributed by atoms with E-state index in [1.165, 1.54) is 5.69 Å². The van der Waals surface area contributed by atoms with Gasteiger partial charge in [-0.1, -0.05) is 6.07 Å². The number of aromatic nitrogens is 3. The van der Waals surface area contributed by atoms with E-state index in [4.69, 9.17) is 9.47 Å². The Morgan fingerprint density at radius 3 is 2.96 bits per heavy atom. The lowest BCUT2D eigenvalue weighted by molar-refractivity contribution is -0.0845. The van der Waals surface area contributed by atoms with E-state index in [0.717, 1.165) is 38.8 Å². The number of hydrogen-bond donors (Lipinski definition) is 0. The summed E-state index contributed by atoms with van der Waals surface area (Å²) in [5.41, 5.74) is 1.20. The van der Waals surface area contributed by atoms with Crippen molar-refractivity contribution in [3.63, 3.8) is 0 Å². The molecule has 0 aromatic carbocycles. The molecule has 0 N–H and O–H groups in total. The summed E-state index contributed by atoms with van der Waals surface area (Å²) in [7, 11) is 3.91. The molecule has 1 saturated heterocycles. The molecule has 0 spiro atoms. The number of rotatable bonds is 5. The third kappa shape index (κ3) is 3.16. The van der Waals surface area contributed by atoms with Gasteiger partial charge in [0, 0.05) is 58.2 Å². The smallest absolute Gasteiger partial charge is 0.213 e. The minimum absolute atomic E-state index is 0.0391. The average molecular weight is 342 g/mol. The minimum atomic E-state index is -0.0391. The molecular formula is C19H26N4O2. The lowest BCUT2D eigenvalue weighted by Gasteiger charge is -2.43. The second-order valence-corrected chi connectivity index (χ2v) is 7.18. The zero-order valence-corrected chi connectivity index (χ0v) is 15.0. The molecule has 1 aliphatic carbocycles. The van der Waals surface area contributed by atoms with Crippen LogP contribution in [0.15, 0.2) is 36.9 Å². The number of hydrogen-bond acceptors (Lipinski definition) is 5. The molecule has 0 bridgehead atoms. The van der Waals surface area contributed by atoms with Gasteiger partial charge < -0.3 is 14.0 Å². The molecule has 3 atom stereocenters. The quantitative estimate of drug-likeness (QED) is 0.835. The van der Waals surface area contributed by atoms with Crippen LogP contribution in [0.3, 0.4) is 0 Å². The second kappa shape index (κ2) is 6.77. The van der Waals surface area contributed by atoms with Crippen LogP contribution in [0.1, 0.15) is 31.4 Å². The Hall–Kier alpha value is -1.92. The number of fused-ring (bicyclic) bond motifs is 1. The van der Waals surface area contributed by atoms with E-state index in [0.29, 0.717) is 11.9 Å². The van der Waals surface area contributed by atoms with Crippen LogP contribution < -0.4 is 4.74 Å². The van der Waals surface area contributed by atoms with Crippen LogP contribution in [0, 0.1) is 0 Å². The van der Waals surface area contributed by atoms with Crippen molar-refractivity contribution in [2.45, 2.75) is 50.0 Å². The molecular weight excluding hydrogens is 316 g/mol. The summed E-state index contributed by atoms with van der Waals surface area (Å²) in [4.78, 5) is 11.1. The van der Waals surface area contributed by atoms with Crippen molar-refractivity contribution in [2.75, 3.05) is 13.7 Å². The Bertz CT molecular complexity index is 704.